The van der Waals surface area contributed by atoms with E-state index in [0.717, 1.165) is 122 Å². The van der Waals surface area contributed by atoms with Gasteiger partial charge in [0.2, 0.25) is 0 Å². The molecule has 378 valence electrons. The highest BCUT2D eigenvalue weighted by atomic mass is 16.6. The average molecular weight is 919 g/mol. The molecule has 1 atom stereocenters. The lowest BCUT2D eigenvalue weighted by atomic mass is 10.1. The number of hydrogen-bond donors (Lipinski definition) is 0. The van der Waals surface area contributed by atoms with Crippen LogP contribution in [0.15, 0.2) is 85.1 Å². The maximum absolute atomic E-state index is 12.8. The smallest absolute Gasteiger partial charge is 0.306 e. The summed E-state index contributed by atoms with van der Waals surface area (Å²) in [6.45, 7) is 6.38. The Labute approximate surface area is 407 Å². The van der Waals surface area contributed by atoms with Gasteiger partial charge in [0.25, 0.3) is 0 Å². The van der Waals surface area contributed by atoms with Gasteiger partial charge in [0.15, 0.2) is 6.10 Å². The number of hydrogen-bond acceptors (Lipinski definition) is 6. The van der Waals surface area contributed by atoms with Gasteiger partial charge in [-0.1, -0.05) is 215 Å². The Morgan fingerprint density at radius 3 is 0.924 bits per heavy atom. The van der Waals surface area contributed by atoms with E-state index in [2.05, 4.69) is 106 Å². The molecule has 1 unspecified atom stereocenters. The van der Waals surface area contributed by atoms with Crippen LogP contribution in [-0.2, 0) is 28.6 Å². The average Bonchev–Trinajstić information content (AvgIpc) is 3.31. The third-order valence-electron chi connectivity index (χ3n) is 11.6. The van der Waals surface area contributed by atoms with Gasteiger partial charge in [-0.3, -0.25) is 14.4 Å². The van der Waals surface area contributed by atoms with Crippen molar-refractivity contribution in [3.8, 4) is 0 Å². The normalized spacial score (nSPS) is 12.7. The van der Waals surface area contributed by atoms with Gasteiger partial charge in [-0.05, 0) is 109 Å². The van der Waals surface area contributed by atoms with E-state index in [9.17, 15) is 14.4 Å². The highest BCUT2D eigenvalue weighted by molar-refractivity contribution is 5.71. The first-order valence-electron chi connectivity index (χ1n) is 27.6. The van der Waals surface area contributed by atoms with Crippen LogP contribution >= 0.6 is 0 Å². The molecule has 0 spiro atoms. The number of esters is 3. The third-order valence-corrected chi connectivity index (χ3v) is 11.6. The first-order valence-corrected chi connectivity index (χ1v) is 27.6. The number of carbonyl (C=O) groups is 3. The Hall–Kier alpha value is -3.41. The highest BCUT2D eigenvalue weighted by Crippen LogP contribution is 2.15. The summed E-state index contributed by atoms with van der Waals surface area (Å²) >= 11 is 0. The lowest BCUT2D eigenvalue weighted by molar-refractivity contribution is -0.167. The summed E-state index contributed by atoms with van der Waals surface area (Å²) in [6.07, 6.45) is 70.0. The van der Waals surface area contributed by atoms with Crippen LogP contribution in [0.4, 0.5) is 0 Å². The van der Waals surface area contributed by atoms with Crippen LogP contribution in [0.5, 0.6) is 0 Å². The quantitative estimate of drug-likeness (QED) is 0.0262. The van der Waals surface area contributed by atoms with Crippen molar-refractivity contribution in [1.29, 1.82) is 0 Å². The van der Waals surface area contributed by atoms with E-state index in [1.165, 1.54) is 96.3 Å². The van der Waals surface area contributed by atoms with E-state index in [1.54, 1.807) is 0 Å². The topological polar surface area (TPSA) is 78.9 Å². The second-order valence-corrected chi connectivity index (χ2v) is 18.1. The number of ether oxygens (including phenoxy) is 3. The number of carbonyl (C=O) groups excluding carboxylic acids is 3. The fourth-order valence-electron chi connectivity index (χ4n) is 7.52. The van der Waals surface area contributed by atoms with Crippen LogP contribution in [-0.4, -0.2) is 37.2 Å². The standard InChI is InChI=1S/C60H102O6/c1-4-7-10-13-16-19-22-25-27-29-30-32-33-35-38-41-44-47-50-53-59(62)65-56-57(55-64-58(61)52-49-46-43-40-37-24-21-18-15-12-9-6-3)66-60(63)54-51-48-45-42-39-36-34-31-28-26-23-20-17-14-11-8-5-2/h7,9-10,12,16-21,25-28,57H,4-6,8,11,13-15,22-24,29-56H2,1-3H3/b10-7-,12-9-,19-16-,20-17-,21-18-,27-25-,28-26-. The predicted octanol–water partition coefficient (Wildman–Crippen LogP) is 18.4. The Morgan fingerprint density at radius 1 is 0.318 bits per heavy atom. The molecule has 0 aliphatic heterocycles. The van der Waals surface area contributed by atoms with Gasteiger partial charge in [-0.15, -0.1) is 0 Å². The van der Waals surface area contributed by atoms with Crippen molar-refractivity contribution >= 4 is 17.9 Å². The molecule has 0 aromatic heterocycles. The van der Waals surface area contributed by atoms with Gasteiger partial charge < -0.3 is 14.2 Å². The second-order valence-electron chi connectivity index (χ2n) is 18.1. The van der Waals surface area contributed by atoms with Crippen LogP contribution in [0.1, 0.15) is 258 Å². The molecule has 6 nitrogen and oxygen atoms in total. The molecule has 0 radical (unpaired) electrons. The minimum absolute atomic E-state index is 0.0874. The molecule has 66 heavy (non-hydrogen) atoms. The van der Waals surface area contributed by atoms with E-state index < -0.39 is 6.10 Å². The van der Waals surface area contributed by atoms with Gasteiger partial charge in [-0.2, -0.15) is 0 Å². The van der Waals surface area contributed by atoms with Crippen molar-refractivity contribution in [2.24, 2.45) is 0 Å². The van der Waals surface area contributed by atoms with Crippen LogP contribution < -0.4 is 0 Å². The van der Waals surface area contributed by atoms with Gasteiger partial charge in [0, 0.05) is 19.3 Å². The molecule has 0 bridgehead atoms. The Morgan fingerprint density at radius 2 is 0.591 bits per heavy atom. The first-order chi connectivity index (χ1) is 32.5. The number of unbranched alkanes of at least 4 members (excludes halogenated alkanes) is 24. The zero-order valence-electron chi connectivity index (χ0n) is 43.2. The minimum atomic E-state index is -0.789. The summed E-state index contributed by atoms with van der Waals surface area (Å²) in [5.41, 5.74) is 0. The molecule has 0 rings (SSSR count). The summed E-state index contributed by atoms with van der Waals surface area (Å²) < 4.78 is 16.8. The van der Waals surface area contributed by atoms with Crippen molar-refractivity contribution in [3.05, 3.63) is 85.1 Å². The molecule has 0 aliphatic rings. The molecule has 0 aromatic rings. The fourth-order valence-corrected chi connectivity index (χ4v) is 7.52. The van der Waals surface area contributed by atoms with Crippen molar-refractivity contribution in [2.45, 2.75) is 264 Å². The number of rotatable bonds is 49. The van der Waals surface area contributed by atoms with E-state index in [-0.39, 0.29) is 31.1 Å². The molecule has 0 saturated carbocycles. The van der Waals surface area contributed by atoms with Gasteiger partial charge >= 0.3 is 17.9 Å². The van der Waals surface area contributed by atoms with Gasteiger partial charge in [0.1, 0.15) is 13.2 Å². The maximum atomic E-state index is 12.8. The molecule has 6 heteroatoms. The summed E-state index contributed by atoms with van der Waals surface area (Å²) in [6, 6.07) is 0. The summed E-state index contributed by atoms with van der Waals surface area (Å²) in [5, 5.41) is 0. The maximum Gasteiger partial charge on any atom is 0.306 e. The summed E-state index contributed by atoms with van der Waals surface area (Å²) in [7, 11) is 0. The molecule has 0 fully saturated rings. The van der Waals surface area contributed by atoms with Crippen LogP contribution in [0.2, 0.25) is 0 Å². The molecule has 0 heterocycles. The Balaban J connectivity index is 4.38. The molecule has 0 saturated heterocycles. The fraction of sp³-hybridized carbons (Fsp3) is 0.717. The molecular weight excluding hydrogens is 817 g/mol. The molecule has 0 amide bonds. The Kier molecular flexibility index (Phi) is 51.4. The van der Waals surface area contributed by atoms with Crippen LogP contribution in [0, 0.1) is 0 Å². The minimum Gasteiger partial charge on any atom is -0.462 e. The SMILES string of the molecule is CC/C=C\C/C=C\C/C=C\CCCCCCCCCCCC(=O)OCC(COC(=O)CCCCCCC/C=C\C/C=C\CC)OC(=O)CCCCCCCCC/C=C\C/C=C\CCCCC. The second kappa shape index (κ2) is 54.2. The molecular formula is C60H102O6. The zero-order chi connectivity index (χ0) is 47.9. The van der Waals surface area contributed by atoms with E-state index in [1.807, 2.05) is 0 Å². The van der Waals surface area contributed by atoms with Crippen molar-refractivity contribution in [2.75, 3.05) is 13.2 Å². The van der Waals surface area contributed by atoms with Gasteiger partial charge in [-0.25, -0.2) is 0 Å². The van der Waals surface area contributed by atoms with E-state index in [0.29, 0.717) is 19.3 Å². The van der Waals surface area contributed by atoms with Crippen molar-refractivity contribution < 1.29 is 28.6 Å². The largest absolute Gasteiger partial charge is 0.462 e. The van der Waals surface area contributed by atoms with Gasteiger partial charge in [0.05, 0.1) is 0 Å². The number of allylic oxidation sites excluding steroid dienone is 14. The first kappa shape index (κ1) is 62.6. The third kappa shape index (κ3) is 51.6. The molecule has 0 aliphatic carbocycles. The molecule has 0 N–H and O–H groups in total. The summed E-state index contributed by atoms with van der Waals surface area (Å²) in [4.78, 5) is 38.1. The monoisotopic (exact) mass is 919 g/mol. The predicted molar refractivity (Wildman–Crippen MR) is 284 cm³/mol. The lowest BCUT2D eigenvalue weighted by Gasteiger charge is -2.18. The lowest BCUT2D eigenvalue weighted by Crippen LogP contribution is -2.30. The van der Waals surface area contributed by atoms with Crippen LogP contribution in [0.3, 0.4) is 0 Å². The van der Waals surface area contributed by atoms with E-state index in [4.69, 9.17) is 14.2 Å². The Bertz CT molecular complexity index is 1290. The molecule has 0 aromatic carbocycles. The summed E-state index contributed by atoms with van der Waals surface area (Å²) in [5.74, 6) is -0.913. The van der Waals surface area contributed by atoms with E-state index >= 15 is 0 Å². The van der Waals surface area contributed by atoms with Crippen LogP contribution in [0.25, 0.3) is 0 Å². The highest BCUT2D eigenvalue weighted by Gasteiger charge is 2.19. The van der Waals surface area contributed by atoms with Crippen molar-refractivity contribution in [1.82, 2.24) is 0 Å². The van der Waals surface area contributed by atoms with Crippen molar-refractivity contribution in [3.63, 3.8) is 0 Å². The zero-order valence-corrected chi connectivity index (χ0v) is 43.2.